The molecule has 1 N–H and O–H groups in total. The van der Waals surface area contributed by atoms with Gasteiger partial charge in [-0.2, -0.15) is 12.6 Å². The van der Waals surface area contributed by atoms with Crippen molar-refractivity contribution in [3.8, 4) is 0 Å². The van der Waals surface area contributed by atoms with Gasteiger partial charge in [-0.1, -0.05) is 6.92 Å². The van der Waals surface area contributed by atoms with Crippen LogP contribution < -0.4 is 0 Å². The van der Waals surface area contributed by atoms with Crippen LogP contribution >= 0.6 is 12.6 Å². The molecule has 0 amide bonds. The smallest absolute Gasteiger partial charge is 0.345 e. The first kappa shape index (κ1) is 16.8. The summed E-state index contributed by atoms with van der Waals surface area (Å²) >= 11 is 3.90. The molecule has 0 aliphatic heterocycles. The van der Waals surface area contributed by atoms with Crippen LogP contribution in [0.4, 0.5) is 0 Å². The van der Waals surface area contributed by atoms with Crippen LogP contribution in [0.15, 0.2) is 0 Å². The van der Waals surface area contributed by atoms with Gasteiger partial charge in [0, 0.05) is 5.75 Å². The maximum absolute atomic E-state index is 11.4. The Bertz CT molecular complexity index is 315. The first-order valence-electron chi connectivity index (χ1n) is 5.51. The summed E-state index contributed by atoms with van der Waals surface area (Å²) in [5.41, 5.74) is 0. The Morgan fingerprint density at radius 2 is 1.72 bits per heavy atom. The molecule has 0 aliphatic rings. The maximum atomic E-state index is 11.4. The number of hydrogen-bond acceptors (Lipinski definition) is 6. The molecule has 0 rings (SSSR count). The van der Waals surface area contributed by atoms with E-state index in [-0.39, 0.29) is 11.9 Å². The minimum absolute atomic E-state index is 0.238. The second kappa shape index (κ2) is 7.97. The van der Waals surface area contributed by atoms with Gasteiger partial charge in [-0.15, -0.1) is 0 Å². The molecule has 18 heavy (non-hydrogen) atoms. The van der Waals surface area contributed by atoms with E-state index in [9.17, 15) is 14.4 Å². The van der Waals surface area contributed by atoms with Crippen LogP contribution in [0, 0.1) is 5.92 Å². The predicted octanol–water partition coefficient (Wildman–Crippen LogP) is 0.890. The summed E-state index contributed by atoms with van der Waals surface area (Å²) in [6, 6.07) is 0. The highest BCUT2D eigenvalue weighted by Crippen LogP contribution is 2.08. The normalized spacial score (nSPS) is 13.8. The molecule has 7 heteroatoms. The summed E-state index contributed by atoms with van der Waals surface area (Å²) in [6.45, 7) is 4.84. The molecule has 0 bridgehead atoms. The van der Waals surface area contributed by atoms with Crippen LogP contribution in [0.1, 0.15) is 27.2 Å². The van der Waals surface area contributed by atoms with E-state index < -0.39 is 36.4 Å². The molecule has 0 saturated carbocycles. The van der Waals surface area contributed by atoms with Crippen molar-refractivity contribution < 1.29 is 29.0 Å². The van der Waals surface area contributed by atoms with Gasteiger partial charge in [-0.05, 0) is 13.8 Å². The molecule has 104 valence electrons. The fourth-order valence-corrected chi connectivity index (χ4v) is 1.12. The van der Waals surface area contributed by atoms with Gasteiger partial charge in [0.2, 0.25) is 6.10 Å². The lowest BCUT2D eigenvalue weighted by molar-refractivity contribution is -0.171. The Balaban J connectivity index is 4.45. The van der Waals surface area contributed by atoms with Crippen molar-refractivity contribution in [3.05, 3.63) is 0 Å². The average molecular weight is 278 g/mol. The number of carbonyl (C=O) groups excluding carboxylic acids is 2. The van der Waals surface area contributed by atoms with Crippen LogP contribution in [0.25, 0.3) is 0 Å². The van der Waals surface area contributed by atoms with Crippen LogP contribution in [-0.4, -0.2) is 41.0 Å². The van der Waals surface area contributed by atoms with E-state index in [2.05, 4.69) is 12.6 Å². The second-order valence-corrected chi connectivity index (χ2v) is 4.46. The van der Waals surface area contributed by atoms with E-state index in [1.165, 1.54) is 0 Å². The van der Waals surface area contributed by atoms with Crippen LogP contribution in [0.3, 0.4) is 0 Å². The van der Waals surface area contributed by atoms with E-state index >= 15 is 0 Å². The van der Waals surface area contributed by atoms with Crippen molar-refractivity contribution in [2.24, 2.45) is 5.92 Å². The molecule has 0 saturated heterocycles. The fraction of sp³-hybridized carbons (Fsp3) is 0.727. The third-order valence-electron chi connectivity index (χ3n) is 1.93. The minimum atomic E-state index is -1.52. The number of esters is 2. The van der Waals surface area contributed by atoms with Gasteiger partial charge < -0.3 is 14.6 Å². The zero-order valence-corrected chi connectivity index (χ0v) is 11.5. The largest absolute Gasteiger partial charge is 0.478 e. The monoisotopic (exact) mass is 278 g/mol. The first-order chi connectivity index (χ1) is 8.27. The Morgan fingerprint density at radius 3 is 2.11 bits per heavy atom. The zero-order valence-electron chi connectivity index (χ0n) is 10.6. The number of rotatable bonds is 7. The second-order valence-electron chi connectivity index (χ2n) is 4.09. The van der Waals surface area contributed by atoms with Gasteiger partial charge in [0.05, 0.1) is 18.4 Å². The van der Waals surface area contributed by atoms with Gasteiger partial charge in [-0.3, -0.25) is 9.59 Å². The average Bonchev–Trinajstić information content (AvgIpc) is 2.25. The minimum Gasteiger partial charge on any atom is -0.478 e. The molecule has 0 radical (unpaired) electrons. The molecule has 0 fully saturated rings. The quantitative estimate of drug-likeness (QED) is 0.531. The van der Waals surface area contributed by atoms with E-state index in [0.717, 1.165) is 0 Å². The molecule has 2 atom stereocenters. The molecular formula is C11H18O6S. The Labute approximate surface area is 111 Å². The predicted molar refractivity (Wildman–Crippen MR) is 66.4 cm³/mol. The number of thiol groups is 1. The Kier molecular flexibility index (Phi) is 7.42. The van der Waals surface area contributed by atoms with Crippen molar-refractivity contribution in [2.75, 3.05) is 5.75 Å². The lowest BCUT2D eigenvalue weighted by Crippen LogP contribution is -2.33. The molecule has 0 aliphatic carbocycles. The number of aliphatic carboxylic acids is 1. The Hall–Kier alpha value is -1.24. The van der Waals surface area contributed by atoms with Crippen molar-refractivity contribution in [3.63, 3.8) is 0 Å². The summed E-state index contributed by atoms with van der Waals surface area (Å²) in [7, 11) is 0. The number of carboxylic acids is 1. The van der Waals surface area contributed by atoms with E-state index in [0.29, 0.717) is 0 Å². The number of ether oxygens (including phenoxy) is 2. The summed E-state index contributed by atoms with van der Waals surface area (Å²) in [5, 5.41) is 8.86. The highest BCUT2D eigenvalue weighted by molar-refractivity contribution is 7.80. The standard InChI is InChI=1S/C11H18O6S/c1-6(2)16-9(12)4-8(10(13)14)17-11(15)7(3)5-18/h6-8,18H,4-5H2,1-3H3,(H,13,14)/t7-,8+/m1/s1. The van der Waals surface area contributed by atoms with Gasteiger partial charge in [0.25, 0.3) is 0 Å². The van der Waals surface area contributed by atoms with E-state index in [1.807, 2.05) is 0 Å². The van der Waals surface area contributed by atoms with Crippen molar-refractivity contribution in [1.29, 1.82) is 0 Å². The van der Waals surface area contributed by atoms with Crippen LogP contribution in [0.2, 0.25) is 0 Å². The van der Waals surface area contributed by atoms with Crippen LogP contribution in [-0.2, 0) is 23.9 Å². The molecule has 0 unspecified atom stereocenters. The number of hydrogen-bond donors (Lipinski definition) is 2. The Morgan fingerprint density at radius 1 is 1.17 bits per heavy atom. The van der Waals surface area contributed by atoms with Crippen LogP contribution in [0.5, 0.6) is 0 Å². The molecule has 0 aromatic rings. The van der Waals surface area contributed by atoms with E-state index in [4.69, 9.17) is 14.6 Å². The van der Waals surface area contributed by atoms with Gasteiger partial charge >= 0.3 is 17.9 Å². The lowest BCUT2D eigenvalue weighted by atomic mass is 10.2. The van der Waals surface area contributed by atoms with Gasteiger partial charge in [-0.25, -0.2) is 4.79 Å². The molecular weight excluding hydrogens is 260 g/mol. The lowest BCUT2D eigenvalue weighted by Gasteiger charge is -2.16. The summed E-state index contributed by atoms with van der Waals surface area (Å²) < 4.78 is 9.52. The third-order valence-corrected chi connectivity index (χ3v) is 2.48. The van der Waals surface area contributed by atoms with Crippen molar-refractivity contribution >= 4 is 30.5 Å². The summed E-state index contributed by atoms with van der Waals surface area (Å²) in [6.07, 6.45) is -2.37. The number of carbonyl (C=O) groups is 3. The third kappa shape index (κ3) is 6.48. The first-order valence-corrected chi connectivity index (χ1v) is 6.14. The molecule has 6 nitrogen and oxygen atoms in total. The zero-order chi connectivity index (χ0) is 14.3. The van der Waals surface area contributed by atoms with Crippen molar-refractivity contribution in [2.45, 2.75) is 39.4 Å². The highest BCUT2D eigenvalue weighted by Gasteiger charge is 2.28. The summed E-state index contributed by atoms with van der Waals surface area (Å²) in [4.78, 5) is 33.6. The molecule has 0 heterocycles. The highest BCUT2D eigenvalue weighted by atomic mass is 32.1. The van der Waals surface area contributed by atoms with Crippen molar-refractivity contribution in [1.82, 2.24) is 0 Å². The van der Waals surface area contributed by atoms with Gasteiger partial charge in [0.1, 0.15) is 0 Å². The molecule has 0 aromatic heterocycles. The number of carboxylic acid groups (broad SMARTS) is 1. The van der Waals surface area contributed by atoms with E-state index in [1.54, 1.807) is 20.8 Å². The van der Waals surface area contributed by atoms with Gasteiger partial charge in [0.15, 0.2) is 0 Å². The topological polar surface area (TPSA) is 89.9 Å². The molecule has 0 spiro atoms. The SMILES string of the molecule is CC(C)OC(=O)C[C@H](OC(=O)[C@H](C)CS)C(=O)O. The maximum Gasteiger partial charge on any atom is 0.345 e. The summed E-state index contributed by atoms with van der Waals surface area (Å²) in [5.74, 6) is -3.09. The fourth-order valence-electron chi connectivity index (χ4n) is 0.973. The molecule has 0 aromatic carbocycles.